The predicted molar refractivity (Wildman–Crippen MR) is 157 cm³/mol. The first kappa shape index (κ1) is 34.4. The van der Waals surface area contributed by atoms with Crippen LogP contribution in [0, 0.1) is 5.41 Å². The Morgan fingerprint density at radius 1 is 0.864 bits per heavy atom. The van der Waals surface area contributed by atoms with Gasteiger partial charge in [0.1, 0.15) is 0 Å². The van der Waals surface area contributed by atoms with Crippen LogP contribution in [0.15, 0.2) is 48.5 Å². The van der Waals surface area contributed by atoms with E-state index in [1.165, 1.54) is 24.3 Å². The molecule has 0 spiro atoms. The molecule has 1 aliphatic heterocycles. The van der Waals surface area contributed by atoms with E-state index in [4.69, 9.17) is 4.74 Å². The normalized spacial score (nSPS) is 14.5. The van der Waals surface area contributed by atoms with Gasteiger partial charge in [0.2, 0.25) is 0 Å². The van der Waals surface area contributed by atoms with Gasteiger partial charge in [-0.2, -0.15) is 13.2 Å². The molecule has 0 bridgehead atoms. The Labute approximate surface area is 255 Å². The molecular weight excluding hydrogens is 581 g/mol. The summed E-state index contributed by atoms with van der Waals surface area (Å²) >= 11 is 0. The van der Waals surface area contributed by atoms with Crippen molar-refractivity contribution in [2.45, 2.75) is 59.8 Å². The number of rotatable bonds is 6. The topological polar surface area (TPSA) is 108 Å². The SMILES string of the molecule is CC(C)(C)COC(=O)N(OC(=O)C(F)(F)F)c1ccc(C(=O)N2CCN(Cc3cccc(C(=O)NC(C)(C)C)c3)CC2)cc1. The van der Waals surface area contributed by atoms with Crippen LogP contribution in [0.25, 0.3) is 0 Å². The van der Waals surface area contributed by atoms with Crippen molar-refractivity contribution >= 4 is 29.6 Å². The Balaban J connectivity index is 1.62. The number of hydroxylamine groups is 1. The lowest BCUT2D eigenvalue weighted by molar-refractivity contribution is -0.200. The van der Waals surface area contributed by atoms with Crippen LogP contribution in [0.3, 0.4) is 0 Å². The number of amides is 3. The molecule has 0 radical (unpaired) electrons. The molecule has 2 aromatic carbocycles. The van der Waals surface area contributed by atoms with Crippen molar-refractivity contribution in [1.82, 2.24) is 15.1 Å². The molecule has 0 unspecified atom stereocenters. The van der Waals surface area contributed by atoms with Gasteiger partial charge in [0, 0.05) is 49.4 Å². The molecule has 3 amide bonds. The Morgan fingerprint density at radius 3 is 2.02 bits per heavy atom. The van der Waals surface area contributed by atoms with E-state index in [1.807, 2.05) is 39.0 Å². The highest BCUT2D eigenvalue weighted by molar-refractivity contribution is 5.96. The number of carbonyl (C=O) groups excluding carboxylic acids is 4. The first-order chi connectivity index (χ1) is 20.3. The zero-order chi connectivity index (χ0) is 32.9. The minimum atomic E-state index is -5.34. The van der Waals surface area contributed by atoms with Crippen LogP contribution in [0.4, 0.5) is 23.7 Å². The zero-order valence-corrected chi connectivity index (χ0v) is 25.8. The van der Waals surface area contributed by atoms with Gasteiger partial charge in [-0.05, 0) is 68.1 Å². The minimum absolute atomic E-state index is 0.121. The largest absolute Gasteiger partial charge is 0.493 e. The third kappa shape index (κ3) is 10.2. The number of hydrogen-bond acceptors (Lipinski definition) is 7. The van der Waals surface area contributed by atoms with Crippen molar-refractivity contribution in [2.75, 3.05) is 37.8 Å². The Kier molecular flexibility index (Phi) is 10.7. The van der Waals surface area contributed by atoms with Gasteiger partial charge in [-0.3, -0.25) is 14.5 Å². The molecule has 10 nitrogen and oxygen atoms in total. The number of alkyl halides is 3. The number of nitrogens with zero attached hydrogens (tertiary/aromatic N) is 3. The van der Waals surface area contributed by atoms with Gasteiger partial charge in [0.05, 0.1) is 12.3 Å². The maximum Gasteiger partial charge on any atom is 0.493 e. The molecule has 1 saturated heterocycles. The van der Waals surface area contributed by atoms with Crippen LogP contribution < -0.4 is 10.4 Å². The third-order valence-electron chi connectivity index (χ3n) is 6.29. The summed E-state index contributed by atoms with van der Waals surface area (Å²) in [6, 6.07) is 12.5. The van der Waals surface area contributed by atoms with Gasteiger partial charge in [-0.1, -0.05) is 32.9 Å². The van der Waals surface area contributed by atoms with E-state index in [0.717, 1.165) is 5.56 Å². The summed E-state index contributed by atoms with van der Waals surface area (Å²) in [5.74, 6) is -3.04. The van der Waals surface area contributed by atoms with E-state index in [0.29, 0.717) is 38.3 Å². The maximum atomic E-state index is 13.2. The van der Waals surface area contributed by atoms with Crippen LogP contribution in [-0.2, 0) is 20.9 Å². The van der Waals surface area contributed by atoms with Crippen LogP contribution in [0.5, 0.6) is 0 Å². The summed E-state index contributed by atoms with van der Waals surface area (Å²) in [4.78, 5) is 57.9. The average molecular weight is 621 g/mol. The predicted octanol–water partition coefficient (Wildman–Crippen LogP) is 5.18. The summed E-state index contributed by atoms with van der Waals surface area (Å²) in [6.45, 7) is 13.5. The number of halogens is 3. The standard InChI is InChI=1S/C31H39F3N4O6/c1-29(2,3)20-43-28(42)38(44-27(41)31(32,33)34)24-12-10-22(11-13-24)26(40)37-16-14-36(15-17-37)19-21-8-7-9-23(18-21)25(39)35-30(4,5)6/h7-13,18H,14-17,19-20H2,1-6H3,(H,35,39). The van der Waals surface area contributed by atoms with E-state index in [2.05, 4.69) is 15.1 Å². The second-order valence-electron chi connectivity index (χ2n) is 12.8. The van der Waals surface area contributed by atoms with E-state index in [9.17, 15) is 32.3 Å². The van der Waals surface area contributed by atoms with Crippen molar-refractivity contribution in [1.29, 1.82) is 0 Å². The van der Waals surface area contributed by atoms with Gasteiger partial charge in [0.25, 0.3) is 11.8 Å². The second kappa shape index (κ2) is 13.7. The Bertz CT molecular complexity index is 1340. The number of anilines is 1. The van der Waals surface area contributed by atoms with Gasteiger partial charge >= 0.3 is 18.2 Å². The number of benzene rings is 2. The number of nitrogens with one attached hydrogen (secondary N) is 1. The van der Waals surface area contributed by atoms with Gasteiger partial charge in [0.15, 0.2) is 0 Å². The van der Waals surface area contributed by atoms with E-state index in [1.54, 1.807) is 31.7 Å². The minimum Gasteiger partial charge on any atom is -0.447 e. The van der Waals surface area contributed by atoms with Crippen LogP contribution in [-0.4, -0.2) is 78.2 Å². The molecule has 240 valence electrons. The van der Waals surface area contributed by atoms with Crippen LogP contribution >= 0.6 is 0 Å². The second-order valence-corrected chi connectivity index (χ2v) is 12.8. The van der Waals surface area contributed by atoms with Crippen molar-refractivity contribution in [2.24, 2.45) is 5.41 Å². The van der Waals surface area contributed by atoms with Crippen molar-refractivity contribution in [3.05, 3.63) is 65.2 Å². The Morgan fingerprint density at radius 2 is 1.48 bits per heavy atom. The zero-order valence-electron chi connectivity index (χ0n) is 25.8. The lowest BCUT2D eigenvalue weighted by atomic mass is 9.99. The molecule has 44 heavy (non-hydrogen) atoms. The lowest BCUT2D eigenvalue weighted by Crippen LogP contribution is -2.48. The van der Waals surface area contributed by atoms with Crippen LogP contribution in [0.1, 0.15) is 67.8 Å². The van der Waals surface area contributed by atoms with Gasteiger partial charge < -0.3 is 19.8 Å². The number of piperazine rings is 1. The summed E-state index contributed by atoms with van der Waals surface area (Å²) in [6.07, 6.45) is -6.65. The summed E-state index contributed by atoms with van der Waals surface area (Å²) in [5, 5.41) is 3.07. The molecule has 0 aliphatic carbocycles. The molecule has 0 saturated carbocycles. The smallest absolute Gasteiger partial charge is 0.447 e. The number of carbonyl (C=O) groups is 4. The number of hydrogen-bond donors (Lipinski definition) is 1. The molecule has 1 fully saturated rings. The summed E-state index contributed by atoms with van der Waals surface area (Å²) < 4.78 is 43.7. The first-order valence-corrected chi connectivity index (χ1v) is 14.1. The molecule has 1 heterocycles. The fraction of sp³-hybridized carbons (Fsp3) is 0.484. The highest BCUT2D eigenvalue weighted by Crippen LogP contribution is 2.24. The molecule has 0 aromatic heterocycles. The lowest BCUT2D eigenvalue weighted by Gasteiger charge is -2.35. The van der Waals surface area contributed by atoms with E-state index < -0.39 is 23.7 Å². The highest BCUT2D eigenvalue weighted by atomic mass is 19.4. The average Bonchev–Trinajstić information content (AvgIpc) is 2.93. The fourth-order valence-electron chi connectivity index (χ4n) is 4.18. The summed E-state index contributed by atoms with van der Waals surface area (Å²) in [5.41, 5.74) is 0.712. The highest BCUT2D eigenvalue weighted by Gasteiger charge is 2.44. The fourth-order valence-corrected chi connectivity index (χ4v) is 4.18. The van der Waals surface area contributed by atoms with Crippen molar-refractivity contribution in [3.63, 3.8) is 0 Å². The molecule has 2 aromatic rings. The van der Waals surface area contributed by atoms with Gasteiger partial charge in [-0.15, -0.1) is 5.06 Å². The molecule has 13 heteroatoms. The van der Waals surface area contributed by atoms with Crippen LogP contribution in [0.2, 0.25) is 0 Å². The van der Waals surface area contributed by atoms with Crippen molar-refractivity contribution in [3.8, 4) is 0 Å². The maximum absolute atomic E-state index is 13.2. The van der Waals surface area contributed by atoms with Crippen molar-refractivity contribution < 1.29 is 41.9 Å². The number of ether oxygens (including phenoxy) is 1. The first-order valence-electron chi connectivity index (χ1n) is 14.1. The summed E-state index contributed by atoms with van der Waals surface area (Å²) in [7, 11) is 0. The van der Waals surface area contributed by atoms with E-state index >= 15 is 0 Å². The Hall–Kier alpha value is -4.13. The monoisotopic (exact) mass is 620 g/mol. The quantitative estimate of drug-likeness (QED) is 0.444. The third-order valence-corrected chi connectivity index (χ3v) is 6.29. The van der Waals surface area contributed by atoms with E-state index in [-0.39, 0.29) is 40.3 Å². The molecular formula is C31H39F3N4O6. The molecule has 1 N–H and O–H groups in total. The van der Waals surface area contributed by atoms with Gasteiger partial charge in [-0.25, -0.2) is 9.59 Å². The molecule has 1 aliphatic rings. The molecule has 0 atom stereocenters. The molecule has 3 rings (SSSR count).